The maximum absolute atomic E-state index is 5.85. The molecule has 0 fully saturated rings. The van der Waals surface area contributed by atoms with Gasteiger partial charge < -0.3 is 9.80 Å². The third-order valence-electron chi connectivity index (χ3n) is 19.1. The van der Waals surface area contributed by atoms with Crippen molar-refractivity contribution < 1.29 is 0 Å². The van der Waals surface area contributed by atoms with Crippen molar-refractivity contribution in [2.24, 2.45) is 0 Å². The Labute approximate surface area is 499 Å². The maximum atomic E-state index is 5.85. The number of rotatable bonds is 4. The number of hydrogen-bond acceptors (Lipinski definition) is 4. The molecule has 0 amide bonds. The molecule has 3 heterocycles. The van der Waals surface area contributed by atoms with E-state index in [1.54, 1.807) is 0 Å². The Balaban J connectivity index is 1.08. The molecule has 0 unspecified atom stereocenters. The molecule has 13 aromatic carbocycles. The predicted molar refractivity (Wildman–Crippen MR) is 367 cm³/mol. The van der Waals surface area contributed by atoms with Crippen LogP contribution in [0.3, 0.4) is 0 Å². The molecular weight excluding hydrogens is 1030 g/mol. The molecule has 0 atom stereocenters. The van der Waals surface area contributed by atoms with Crippen LogP contribution in [0.25, 0.3) is 98.2 Å². The molecule has 412 valence electrons. The smallest absolute Gasteiger partial charge is 0.253 e. The summed E-state index contributed by atoms with van der Waals surface area (Å²) in [6, 6.07) is 77.2. The summed E-state index contributed by atoms with van der Waals surface area (Å²) < 4.78 is 0. The molecule has 1 aromatic heterocycles. The van der Waals surface area contributed by atoms with Gasteiger partial charge in [0.05, 0.1) is 11.2 Å². The second-order valence-electron chi connectivity index (χ2n) is 28.7. The number of anilines is 6. The Bertz CT molecular complexity index is 4800. The first-order valence-electron chi connectivity index (χ1n) is 30.5. The molecule has 0 N–H and O–H groups in total. The summed E-state index contributed by atoms with van der Waals surface area (Å²) in [7, 11) is 0. The van der Waals surface area contributed by atoms with Gasteiger partial charge in [0, 0.05) is 50.6 Å². The van der Waals surface area contributed by atoms with Crippen molar-refractivity contribution in [3.8, 4) is 22.6 Å². The van der Waals surface area contributed by atoms with Gasteiger partial charge in [0.2, 0.25) is 0 Å². The molecule has 2 aliphatic rings. The molecule has 16 rings (SSSR count). The van der Waals surface area contributed by atoms with Crippen LogP contribution in [0.4, 0.5) is 34.1 Å². The Hall–Kier alpha value is -9.06. The van der Waals surface area contributed by atoms with E-state index in [9.17, 15) is 0 Å². The van der Waals surface area contributed by atoms with Gasteiger partial charge >= 0.3 is 0 Å². The SMILES string of the molecule is CC(C)(C)c1ccc(N2c3cc(-c4nc(-c5cc(C(C)(C)C)cc(C(C)(C)C)c5)nc5ccccc45)cc4c3B(c3c2cc2ccc5cccc6ccc3c2c56)c2c(cc3ccc5cccc6ccc2c3c56)N4c2ccc(C(C)(C)C)cc2)cc1. The van der Waals surface area contributed by atoms with Gasteiger partial charge in [0.1, 0.15) is 0 Å². The van der Waals surface area contributed by atoms with Gasteiger partial charge in [-0.3, -0.25) is 0 Å². The molecule has 0 spiro atoms. The molecule has 85 heavy (non-hydrogen) atoms. The summed E-state index contributed by atoms with van der Waals surface area (Å²) in [6.45, 7) is 27.5. The van der Waals surface area contributed by atoms with E-state index < -0.39 is 0 Å². The second-order valence-corrected chi connectivity index (χ2v) is 28.7. The van der Waals surface area contributed by atoms with Gasteiger partial charge in [0.15, 0.2) is 5.82 Å². The molecule has 4 nitrogen and oxygen atoms in total. The highest BCUT2D eigenvalue weighted by Gasteiger charge is 2.46. The molecule has 0 radical (unpaired) electrons. The molecule has 0 saturated heterocycles. The van der Waals surface area contributed by atoms with Crippen LogP contribution in [-0.4, -0.2) is 16.7 Å². The topological polar surface area (TPSA) is 32.3 Å². The van der Waals surface area contributed by atoms with E-state index in [1.807, 2.05) is 0 Å². The summed E-state index contributed by atoms with van der Waals surface area (Å²) in [5.41, 5.74) is 19.6. The third-order valence-corrected chi connectivity index (χ3v) is 19.1. The molecule has 2 aliphatic heterocycles. The first kappa shape index (κ1) is 51.6. The Morgan fingerprint density at radius 2 is 0.718 bits per heavy atom. The van der Waals surface area contributed by atoms with E-state index in [0.717, 1.165) is 56.3 Å². The van der Waals surface area contributed by atoms with E-state index in [-0.39, 0.29) is 28.4 Å². The van der Waals surface area contributed by atoms with Crippen molar-refractivity contribution in [3.63, 3.8) is 0 Å². The number of aromatic nitrogens is 2. The quantitative estimate of drug-likeness (QED) is 0.130. The van der Waals surface area contributed by atoms with Gasteiger partial charge in [-0.1, -0.05) is 217 Å². The zero-order valence-electron chi connectivity index (χ0n) is 50.9. The molecule has 0 bridgehead atoms. The zero-order chi connectivity index (χ0) is 58.4. The zero-order valence-corrected chi connectivity index (χ0v) is 50.9. The van der Waals surface area contributed by atoms with Crippen molar-refractivity contribution in [1.82, 2.24) is 9.97 Å². The summed E-state index contributed by atoms with van der Waals surface area (Å²) in [6.07, 6.45) is 0. The fourth-order valence-electron chi connectivity index (χ4n) is 14.6. The van der Waals surface area contributed by atoms with Gasteiger partial charge in [-0.2, -0.15) is 0 Å². The molecular formula is C80H69BN4. The van der Waals surface area contributed by atoms with Crippen LogP contribution in [-0.2, 0) is 21.7 Å². The monoisotopic (exact) mass is 1100 g/mol. The van der Waals surface area contributed by atoms with Gasteiger partial charge in [-0.25, -0.2) is 9.97 Å². The van der Waals surface area contributed by atoms with E-state index in [1.165, 1.54) is 115 Å². The minimum atomic E-state index is -0.179. The fourth-order valence-corrected chi connectivity index (χ4v) is 14.6. The van der Waals surface area contributed by atoms with Crippen molar-refractivity contribution >= 4 is 133 Å². The molecule has 14 aromatic rings. The van der Waals surface area contributed by atoms with E-state index >= 15 is 0 Å². The summed E-state index contributed by atoms with van der Waals surface area (Å²) in [5.74, 6) is 0.724. The van der Waals surface area contributed by atoms with Crippen molar-refractivity contribution in [2.75, 3.05) is 9.80 Å². The van der Waals surface area contributed by atoms with Gasteiger partial charge in [0.25, 0.3) is 6.71 Å². The number of nitrogens with zero attached hydrogens (tertiary/aromatic N) is 4. The van der Waals surface area contributed by atoms with Crippen LogP contribution in [0.5, 0.6) is 0 Å². The minimum absolute atomic E-state index is 0.0350. The first-order chi connectivity index (χ1) is 40.7. The highest BCUT2D eigenvalue weighted by atomic mass is 15.2. The lowest BCUT2D eigenvalue weighted by Gasteiger charge is -2.45. The average molecular weight is 1100 g/mol. The normalized spacial score (nSPS) is 13.8. The second kappa shape index (κ2) is 17.7. The van der Waals surface area contributed by atoms with E-state index in [0.29, 0.717) is 0 Å². The van der Waals surface area contributed by atoms with Crippen molar-refractivity contribution in [1.29, 1.82) is 0 Å². The van der Waals surface area contributed by atoms with Crippen LogP contribution in [0.15, 0.2) is 200 Å². The summed E-state index contributed by atoms with van der Waals surface area (Å²) in [5, 5.41) is 16.4. The van der Waals surface area contributed by atoms with Crippen LogP contribution in [0.1, 0.15) is 105 Å². The summed E-state index contributed by atoms with van der Waals surface area (Å²) >= 11 is 0. The Morgan fingerprint density at radius 3 is 1.16 bits per heavy atom. The number of hydrogen-bond donors (Lipinski definition) is 0. The maximum Gasteiger partial charge on any atom is 0.253 e. The highest BCUT2D eigenvalue weighted by Crippen LogP contribution is 2.51. The fraction of sp³-hybridized carbons (Fsp3) is 0.200. The molecule has 5 heteroatoms. The van der Waals surface area contributed by atoms with Gasteiger partial charge in [-0.15, -0.1) is 0 Å². The standard InChI is InChI=1S/C80H69BN4/c1-77(2,3)54-29-33-58(34-30-54)84-64-41-50-25-23-46-17-15-19-48-27-37-61(70(50)68(46)48)72(64)81-73-62-38-28-49-20-16-18-47-24-26-51(71(62)69(47)49)42-65(73)85(59-35-31-55(32-36-59)78(4,5)6)67-44-52(43-66(84)74(67)81)75-60-21-13-14-22-63(60)82-76(83-75)53-39-56(79(7,8)9)45-57(40-53)80(10,11)12/h13-45H,1-12H3. The number of para-hydroxylation sites is 1. The summed E-state index contributed by atoms with van der Waals surface area (Å²) in [4.78, 5) is 16.6. The lowest BCUT2D eigenvalue weighted by Crippen LogP contribution is -2.61. The third kappa shape index (κ3) is 7.81. The number of fused-ring (bicyclic) bond motifs is 7. The van der Waals surface area contributed by atoms with E-state index in [4.69, 9.17) is 9.97 Å². The van der Waals surface area contributed by atoms with Crippen LogP contribution < -0.4 is 26.2 Å². The average Bonchev–Trinajstić information content (AvgIpc) is 0.703. The van der Waals surface area contributed by atoms with Crippen LogP contribution in [0.2, 0.25) is 0 Å². The largest absolute Gasteiger partial charge is 0.311 e. The van der Waals surface area contributed by atoms with E-state index in [2.05, 4.69) is 293 Å². The lowest BCUT2D eigenvalue weighted by molar-refractivity contribution is 0.569. The molecule has 0 aliphatic carbocycles. The van der Waals surface area contributed by atoms with Crippen LogP contribution >= 0.6 is 0 Å². The van der Waals surface area contributed by atoms with Gasteiger partial charge in [-0.05, 0) is 192 Å². The Morgan fingerprint density at radius 1 is 0.306 bits per heavy atom. The van der Waals surface area contributed by atoms with Crippen LogP contribution in [0, 0.1) is 0 Å². The predicted octanol–water partition coefficient (Wildman–Crippen LogP) is 20.0. The first-order valence-corrected chi connectivity index (χ1v) is 30.5. The molecule has 0 saturated carbocycles. The highest BCUT2D eigenvalue weighted by molar-refractivity contribution is 7.03. The minimum Gasteiger partial charge on any atom is -0.311 e. The van der Waals surface area contributed by atoms with Crippen molar-refractivity contribution in [2.45, 2.75) is 105 Å². The van der Waals surface area contributed by atoms with Crippen molar-refractivity contribution in [3.05, 3.63) is 222 Å². The number of benzene rings is 13. The lowest BCUT2D eigenvalue weighted by atomic mass is 9.32. The Kier molecular flexibility index (Phi) is 10.8.